The third-order valence-electron chi connectivity index (χ3n) is 2.49. The Morgan fingerprint density at radius 3 is 2.55 bits per heavy atom. The van der Waals surface area contributed by atoms with Gasteiger partial charge in [0, 0.05) is 24.8 Å². The van der Waals surface area contributed by atoms with Gasteiger partial charge in [0.1, 0.15) is 0 Å². The maximum Gasteiger partial charge on any atom is 0.313 e. The van der Waals surface area contributed by atoms with E-state index in [1.54, 1.807) is 23.9 Å². The summed E-state index contributed by atoms with van der Waals surface area (Å²) in [7, 11) is 2.91. The van der Waals surface area contributed by atoms with Gasteiger partial charge in [0.05, 0.1) is 6.54 Å². The van der Waals surface area contributed by atoms with Crippen LogP contribution in [0.25, 0.3) is 0 Å². The second kappa shape index (κ2) is 8.57. The van der Waals surface area contributed by atoms with Crippen molar-refractivity contribution in [1.82, 2.24) is 5.32 Å². The average Bonchev–Trinajstić information content (AvgIpc) is 2.48. The minimum Gasteiger partial charge on any atom is -0.354 e. The third kappa shape index (κ3) is 5.20. The molecular weight excluding hydrogens is 280 g/mol. The lowest BCUT2D eigenvalue weighted by Gasteiger charge is -2.13. The van der Waals surface area contributed by atoms with E-state index in [2.05, 4.69) is 10.6 Å². The second-order valence-corrected chi connectivity index (χ2v) is 4.68. The zero-order chi connectivity index (χ0) is 15.0. The highest BCUT2D eigenvalue weighted by atomic mass is 32.2. The Morgan fingerprint density at radius 2 is 1.95 bits per heavy atom. The number of ether oxygens (including phenoxy) is 2. The molecule has 0 saturated carbocycles. The van der Waals surface area contributed by atoms with E-state index in [-0.39, 0.29) is 6.54 Å². The lowest BCUT2D eigenvalue weighted by molar-refractivity contribution is -0.139. The molecule has 20 heavy (non-hydrogen) atoms. The van der Waals surface area contributed by atoms with Crippen molar-refractivity contribution in [1.29, 1.82) is 0 Å². The monoisotopic (exact) mass is 298 g/mol. The molecular formula is C13H18N2O4S. The minimum atomic E-state index is -0.737. The van der Waals surface area contributed by atoms with Gasteiger partial charge in [-0.15, -0.1) is 11.8 Å². The standard InChI is InChI=1S/C13H18N2O4S/c1-18-11(19-2)8-14-12(16)13(17)15-9-5-4-6-10(7-9)20-3/h4-7,11H,8H2,1-3H3,(H,14,16)(H,15,17). The van der Waals surface area contributed by atoms with Gasteiger partial charge in [0.15, 0.2) is 6.29 Å². The van der Waals surface area contributed by atoms with Crippen molar-refractivity contribution in [3.05, 3.63) is 24.3 Å². The van der Waals surface area contributed by atoms with Gasteiger partial charge in [-0.05, 0) is 24.5 Å². The van der Waals surface area contributed by atoms with Crippen molar-refractivity contribution in [3.63, 3.8) is 0 Å². The molecule has 0 aliphatic heterocycles. The summed E-state index contributed by atoms with van der Waals surface area (Å²) in [5.74, 6) is -1.46. The molecule has 1 rings (SSSR count). The fourth-order valence-electron chi connectivity index (χ4n) is 1.41. The molecule has 1 aromatic rings. The number of thioether (sulfide) groups is 1. The molecule has 0 radical (unpaired) electrons. The number of hydrogen-bond acceptors (Lipinski definition) is 5. The van der Waals surface area contributed by atoms with E-state index in [1.807, 2.05) is 18.4 Å². The number of hydrogen-bond donors (Lipinski definition) is 2. The summed E-state index contributed by atoms with van der Waals surface area (Å²) in [6.07, 6.45) is 1.36. The van der Waals surface area contributed by atoms with E-state index in [0.29, 0.717) is 5.69 Å². The highest BCUT2D eigenvalue weighted by Gasteiger charge is 2.15. The molecule has 0 aliphatic rings. The van der Waals surface area contributed by atoms with Crippen molar-refractivity contribution in [2.24, 2.45) is 0 Å². The SMILES string of the molecule is COC(CNC(=O)C(=O)Nc1cccc(SC)c1)OC. The van der Waals surface area contributed by atoms with Crippen LogP contribution in [0.3, 0.4) is 0 Å². The summed E-state index contributed by atoms with van der Waals surface area (Å²) in [4.78, 5) is 24.3. The van der Waals surface area contributed by atoms with Crippen LogP contribution in [0.1, 0.15) is 0 Å². The Hall–Kier alpha value is -1.57. The maximum atomic E-state index is 11.7. The van der Waals surface area contributed by atoms with Crippen molar-refractivity contribution < 1.29 is 19.1 Å². The van der Waals surface area contributed by atoms with E-state index >= 15 is 0 Å². The summed E-state index contributed by atoms with van der Waals surface area (Å²) in [6, 6.07) is 7.24. The minimum absolute atomic E-state index is 0.101. The van der Waals surface area contributed by atoms with Crippen LogP contribution in [0, 0.1) is 0 Å². The van der Waals surface area contributed by atoms with Crippen LogP contribution in [0.5, 0.6) is 0 Å². The molecule has 6 nitrogen and oxygen atoms in total. The molecule has 0 heterocycles. The van der Waals surface area contributed by atoms with Gasteiger partial charge in [-0.1, -0.05) is 6.07 Å². The highest BCUT2D eigenvalue weighted by Crippen LogP contribution is 2.18. The fourth-order valence-corrected chi connectivity index (χ4v) is 1.87. The number of methoxy groups -OCH3 is 2. The quantitative estimate of drug-likeness (QED) is 0.467. The number of amides is 2. The molecule has 110 valence electrons. The first-order valence-corrected chi connectivity index (χ1v) is 7.12. The number of carbonyl (C=O) groups is 2. The van der Waals surface area contributed by atoms with Crippen LogP contribution in [0.15, 0.2) is 29.2 Å². The Balaban J connectivity index is 2.50. The van der Waals surface area contributed by atoms with Crippen LogP contribution in [-0.4, -0.2) is 45.1 Å². The van der Waals surface area contributed by atoms with Crippen molar-refractivity contribution in [3.8, 4) is 0 Å². The van der Waals surface area contributed by atoms with Gasteiger partial charge in [-0.25, -0.2) is 0 Å². The molecule has 0 saturated heterocycles. The molecule has 0 fully saturated rings. The van der Waals surface area contributed by atoms with Gasteiger partial charge < -0.3 is 20.1 Å². The first kappa shape index (κ1) is 16.5. The first-order valence-electron chi connectivity index (χ1n) is 5.89. The second-order valence-electron chi connectivity index (χ2n) is 3.80. The summed E-state index contributed by atoms with van der Waals surface area (Å²) >= 11 is 1.55. The molecule has 0 atom stereocenters. The average molecular weight is 298 g/mol. The van der Waals surface area contributed by atoms with Gasteiger partial charge in [0.2, 0.25) is 0 Å². The Bertz CT molecular complexity index is 463. The topological polar surface area (TPSA) is 76.7 Å². The summed E-state index contributed by atoms with van der Waals surface area (Å²) < 4.78 is 9.81. The zero-order valence-electron chi connectivity index (χ0n) is 11.6. The lowest BCUT2D eigenvalue weighted by atomic mass is 10.3. The largest absolute Gasteiger partial charge is 0.354 e. The number of anilines is 1. The smallest absolute Gasteiger partial charge is 0.313 e. The highest BCUT2D eigenvalue weighted by molar-refractivity contribution is 7.98. The molecule has 0 unspecified atom stereocenters. The summed E-state index contributed by atoms with van der Waals surface area (Å²) in [5, 5.41) is 4.96. The van der Waals surface area contributed by atoms with E-state index in [0.717, 1.165) is 4.90 Å². The van der Waals surface area contributed by atoms with Gasteiger partial charge in [-0.2, -0.15) is 0 Å². The van der Waals surface area contributed by atoms with Crippen LogP contribution < -0.4 is 10.6 Å². The van der Waals surface area contributed by atoms with Crippen LogP contribution in [0.2, 0.25) is 0 Å². The number of benzene rings is 1. The van der Waals surface area contributed by atoms with Crippen molar-refractivity contribution >= 4 is 29.3 Å². The zero-order valence-corrected chi connectivity index (χ0v) is 12.5. The number of rotatable bonds is 6. The molecule has 0 bridgehead atoms. The van der Waals surface area contributed by atoms with E-state index in [1.165, 1.54) is 14.2 Å². The fraction of sp³-hybridized carbons (Fsp3) is 0.385. The van der Waals surface area contributed by atoms with E-state index in [9.17, 15) is 9.59 Å². The van der Waals surface area contributed by atoms with Gasteiger partial charge in [0.25, 0.3) is 0 Å². The van der Waals surface area contributed by atoms with Gasteiger partial charge >= 0.3 is 11.8 Å². The van der Waals surface area contributed by atoms with Gasteiger partial charge in [-0.3, -0.25) is 9.59 Å². The predicted molar refractivity (Wildman–Crippen MR) is 77.7 cm³/mol. The predicted octanol–water partition coefficient (Wildman–Crippen LogP) is 1.08. The maximum absolute atomic E-state index is 11.7. The molecule has 1 aromatic carbocycles. The number of carbonyl (C=O) groups excluding carboxylic acids is 2. The third-order valence-corrected chi connectivity index (χ3v) is 3.21. The van der Waals surface area contributed by atoms with Crippen molar-refractivity contribution in [2.75, 3.05) is 32.3 Å². The normalized spacial score (nSPS) is 10.4. The van der Waals surface area contributed by atoms with E-state index in [4.69, 9.17) is 9.47 Å². The Labute approximate surface area is 122 Å². The van der Waals surface area contributed by atoms with Crippen molar-refractivity contribution in [2.45, 2.75) is 11.2 Å². The summed E-state index contributed by atoms with van der Waals surface area (Å²) in [6.45, 7) is 0.101. The molecule has 0 aliphatic carbocycles. The lowest BCUT2D eigenvalue weighted by Crippen LogP contribution is -2.40. The molecule has 2 amide bonds. The van der Waals surface area contributed by atoms with Crippen LogP contribution >= 0.6 is 11.8 Å². The molecule has 0 spiro atoms. The Kier molecular flexibility index (Phi) is 7.06. The molecule has 2 N–H and O–H groups in total. The summed E-state index contributed by atoms with van der Waals surface area (Å²) in [5.41, 5.74) is 0.576. The molecule has 0 aromatic heterocycles. The van der Waals surface area contributed by atoms with Crippen LogP contribution in [-0.2, 0) is 19.1 Å². The van der Waals surface area contributed by atoms with E-state index < -0.39 is 18.1 Å². The first-order chi connectivity index (χ1) is 9.60. The molecule has 7 heteroatoms. The Morgan fingerprint density at radius 1 is 1.25 bits per heavy atom. The van der Waals surface area contributed by atoms with Crippen LogP contribution in [0.4, 0.5) is 5.69 Å². The number of nitrogens with one attached hydrogen (secondary N) is 2.